The third-order valence-electron chi connectivity index (χ3n) is 5.72. The van der Waals surface area contributed by atoms with E-state index in [1.807, 2.05) is 64.1 Å². The number of phenolic OH excluding ortho intramolecular Hbond substituents is 1. The molecule has 0 radical (unpaired) electrons. The van der Waals surface area contributed by atoms with Crippen LogP contribution in [0.2, 0.25) is 0 Å². The van der Waals surface area contributed by atoms with E-state index in [0.717, 1.165) is 33.3 Å². The van der Waals surface area contributed by atoms with E-state index in [-0.39, 0.29) is 17.2 Å². The SMILES string of the molecule is Cc1ccc(NC(=O)c2ccc3cc(O)c(C(=O)Nc4ccc(C)cc4C)cc3c2)c(C)c1. The molecule has 2 amide bonds. The molecule has 0 aromatic heterocycles. The Hall–Kier alpha value is -4.12. The molecule has 33 heavy (non-hydrogen) atoms. The molecule has 0 atom stereocenters. The Kier molecular flexibility index (Phi) is 5.88. The van der Waals surface area contributed by atoms with Crippen molar-refractivity contribution in [1.82, 2.24) is 0 Å². The van der Waals surface area contributed by atoms with Crippen molar-refractivity contribution in [2.75, 3.05) is 10.6 Å². The van der Waals surface area contributed by atoms with Crippen molar-refractivity contribution in [3.63, 3.8) is 0 Å². The van der Waals surface area contributed by atoms with Gasteiger partial charge in [0.05, 0.1) is 5.56 Å². The van der Waals surface area contributed by atoms with Crippen LogP contribution in [-0.4, -0.2) is 16.9 Å². The summed E-state index contributed by atoms with van der Waals surface area (Å²) in [6.07, 6.45) is 0. The normalized spacial score (nSPS) is 10.8. The van der Waals surface area contributed by atoms with Gasteiger partial charge in [-0.2, -0.15) is 0 Å². The van der Waals surface area contributed by atoms with E-state index in [4.69, 9.17) is 0 Å². The first-order valence-electron chi connectivity index (χ1n) is 10.8. The number of fused-ring (bicyclic) bond motifs is 1. The number of rotatable bonds is 4. The van der Waals surface area contributed by atoms with E-state index < -0.39 is 5.91 Å². The van der Waals surface area contributed by atoms with Crippen LogP contribution in [0.1, 0.15) is 43.0 Å². The van der Waals surface area contributed by atoms with Crippen LogP contribution in [0, 0.1) is 27.7 Å². The van der Waals surface area contributed by atoms with E-state index in [1.54, 1.807) is 24.3 Å². The number of aromatic hydroxyl groups is 1. The van der Waals surface area contributed by atoms with Crippen molar-refractivity contribution in [3.05, 3.63) is 100 Å². The summed E-state index contributed by atoms with van der Waals surface area (Å²) in [5, 5.41) is 17.7. The number of amides is 2. The lowest BCUT2D eigenvalue weighted by Gasteiger charge is -2.12. The van der Waals surface area contributed by atoms with Gasteiger partial charge in [-0.25, -0.2) is 0 Å². The first-order valence-corrected chi connectivity index (χ1v) is 10.8. The first-order chi connectivity index (χ1) is 15.7. The number of hydrogen-bond donors (Lipinski definition) is 3. The lowest BCUT2D eigenvalue weighted by atomic mass is 10.0. The predicted octanol–water partition coefficient (Wildman–Crippen LogP) is 6.28. The number of benzene rings is 4. The van der Waals surface area contributed by atoms with Crippen LogP contribution >= 0.6 is 0 Å². The number of carbonyl (C=O) groups excluding carboxylic acids is 2. The summed E-state index contributed by atoms with van der Waals surface area (Å²) < 4.78 is 0. The Morgan fingerprint density at radius 2 is 1.21 bits per heavy atom. The molecule has 0 aliphatic rings. The number of nitrogens with one attached hydrogen (secondary N) is 2. The molecule has 3 N–H and O–H groups in total. The Labute approximate surface area is 193 Å². The molecule has 0 aliphatic heterocycles. The molecule has 0 aliphatic carbocycles. The van der Waals surface area contributed by atoms with Crippen LogP contribution in [0.5, 0.6) is 5.75 Å². The lowest BCUT2D eigenvalue weighted by molar-refractivity contribution is 0.101. The van der Waals surface area contributed by atoms with E-state index in [2.05, 4.69) is 10.6 Å². The summed E-state index contributed by atoms with van der Waals surface area (Å²) in [6, 6.07) is 19.9. The van der Waals surface area contributed by atoms with Crippen molar-refractivity contribution in [2.45, 2.75) is 27.7 Å². The van der Waals surface area contributed by atoms with E-state index in [1.165, 1.54) is 6.07 Å². The maximum Gasteiger partial charge on any atom is 0.259 e. The van der Waals surface area contributed by atoms with Gasteiger partial charge in [0.25, 0.3) is 11.8 Å². The lowest BCUT2D eigenvalue weighted by Crippen LogP contribution is -2.14. The third-order valence-corrected chi connectivity index (χ3v) is 5.72. The maximum absolute atomic E-state index is 12.9. The second-order valence-corrected chi connectivity index (χ2v) is 8.48. The van der Waals surface area contributed by atoms with Gasteiger partial charge >= 0.3 is 0 Å². The first kappa shape index (κ1) is 22.1. The van der Waals surface area contributed by atoms with Gasteiger partial charge in [-0.15, -0.1) is 0 Å². The number of aryl methyl sites for hydroxylation is 4. The number of phenols is 1. The van der Waals surface area contributed by atoms with Crippen molar-refractivity contribution in [1.29, 1.82) is 0 Å². The third kappa shape index (κ3) is 4.72. The fourth-order valence-electron chi connectivity index (χ4n) is 3.90. The van der Waals surface area contributed by atoms with E-state index in [9.17, 15) is 14.7 Å². The van der Waals surface area contributed by atoms with Gasteiger partial charge < -0.3 is 15.7 Å². The standard InChI is InChI=1S/C28H26N2O3/c1-16-5-9-24(18(3)11-16)29-27(32)21-8-7-20-15-26(31)23(14-22(20)13-21)28(33)30-25-10-6-17(2)12-19(25)4/h5-15,31H,1-4H3,(H,29,32)(H,30,33). The van der Waals surface area contributed by atoms with E-state index >= 15 is 0 Å². The Bertz CT molecular complexity index is 1410. The second-order valence-electron chi connectivity index (χ2n) is 8.48. The van der Waals surface area contributed by atoms with Crippen LogP contribution < -0.4 is 10.6 Å². The number of anilines is 2. The maximum atomic E-state index is 12.9. The molecule has 5 heteroatoms. The summed E-state index contributed by atoms with van der Waals surface area (Å²) in [5.41, 5.74) is 6.21. The second kappa shape index (κ2) is 8.79. The zero-order valence-electron chi connectivity index (χ0n) is 19.1. The molecule has 166 valence electrons. The van der Waals surface area contributed by atoms with Crippen molar-refractivity contribution in [3.8, 4) is 5.75 Å². The molecule has 4 aromatic carbocycles. The summed E-state index contributed by atoms with van der Waals surface area (Å²) >= 11 is 0. The van der Waals surface area contributed by atoms with Crippen molar-refractivity contribution < 1.29 is 14.7 Å². The largest absolute Gasteiger partial charge is 0.507 e. The molecule has 0 spiro atoms. The molecule has 0 saturated heterocycles. The minimum Gasteiger partial charge on any atom is -0.507 e. The van der Waals surface area contributed by atoms with Gasteiger partial charge in [-0.1, -0.05) is 41.5 Å². The summed E-state index contributed by atoms with van der Waals surface area (Å²) in [7, 11) is 0. The molecular weight excluding hydrogens is 412 g/mol. The van der Waals surface area contributed by atoms with Crippen LogP contribution in [0.4, 0.5) is 11.4 Å². The van der Waals surface area contributed by atoms with Crippen LogP contribution in [0.15, 0.2) is 66.7 Å². The van der Waals surface area contributed by atoms with Gasteiger partial charge in [0.1, 0.15) is 5.75 Å². The average Bonchev–Trinajstić information content (AvgIpc) is 2.76. The molecule has 0 unspecified atom stereocenters. The quantitative estimate of drug-likeness (QED) is 0.351. The highest BCUT2D eigenvalue weighted by molar-refractivity contribution is 6.10. The fourth-order valence-corrected chi connectivity index (χ4v) is 3.90. The molecule has 0 fully saturated rings. The summed E-state index contributed by atoms with van der Waals surface area (Å²) in [6.45, 7) is 7.86. The topological polar surface area (TPSA) is 78.4 Å². The van der Waals surface area contributed by atoms with Gasteiger partial charge in [0, 0.05) is 16.9 Å². The van der Waals surface area contributed by atoms with Gasteiger partial charge in [0.2, 0.25) is 0 Å². The number of hydrogen-bond acceptors (Lipinski definition) is 3. The summed E-state index contributed by atoms with van der Waals surface area (Å²) in [4.78, 5) is 25.7. The minimum atomic E-state index is -0.411. The van der Waals surface area contributed by atoms with Crippen LogP contribution in [0.25, 0.3) is 10.8 Å². The molecule has 4 rings (SSSR count). The zero-order valence-corrected chi connectivity index (χ0v) is 19.1. The van der Waals surface area contributed by atoms with Crippen molar-refractivity contribution in [2.24, 2.45) is 0 Å². The van der Waals surface area contributed by atoms with Gasteiger partial charge in [-0.3, -0.25) is 9.59 Å². The van der Waals surface area contributed by atoms with Crippen molar-refractivity contribution >= 4 is 34.0 Å². The molecule has 4 aromatic rings. The molecule has 0 heterocycles. The zero-order chi connectivity index (χ0) is 23.7. The summed E-state index contributed by atoms with van der Waals surface area (Å²) in [5.74, 6) is -0.762. The highest BCUT2D eigenvalue weighted by atomic mass is 16.3. The van der Waals surface area contributed by atoms with Gasteiger partial charge in [0.15, 0.2) is 0 Å². The minimum absolute atomic E-state index is 0.114. The smallest absolute Gasteiger partial charge is 0.259 e. The molecule has 5 nitrogen and oxygen atoms in total. The predicted molar refractivity (Wildman–Crippen MR) is 133 cm³/mol. The average molecular weight is 439 g/mol. The highest BCUT2D eigenvalue weighted by Crippen LogP contribution is 2.28. The van der Waals surface area contributed by atoms with E-state index in [0.29, 0.717) is 16.6 Å². The number of carbonyl (C=O) groups is 2. The van der Waals surface area contributed by atoms with Gasteiger partial charge in [-0.05, 0) is 86.0 Å². The van der Waals surface area contributed by atoms with Crippen LogP contribution in [0.3, 0.4) is 0 Å². The highest BCUT2D eigenvalue weighted by Gasteiger charge is 2.15. The Morgan fingerprint density at radius 1 is 0.636 bits per heavy atom. The Balaban J connectivity index is 1.62. The van der Waals surface area contributed by atoms with Crippen LogP contribution in [-0.2, 0) is 0 Å². The monoisotopic (exact) mass is 438 g/mol. The molecule has 0 bridgehead atoms. The molecular formula is C28H26N2O3. The molecule has 0 saturated carbocycles. The Morgan fingerprint density at radius 3 is 1.79 bits per heavy atom. The fraction of sp³-hybridized carbons (Fsp3) is 0.143.